The molecule has 0 aromatic carbocycles. The number of nitrogens with one attached hydrogen (secondary N) is 1. The van der Waals surface area contributed by atoms with Crippen LogP contribution in [-0.4, -0.2) is 34.3 Å². The van der Waals surface area contributed by atoms with E-state index in [1.807, 2.05) is 0 Å². The molecule has 0 fully saturated rings. The monoisotopic (exact) mass is 300 g/mol. The van der Waals surface area contributed by atoms with E-state index < -0.39 is 24.3 Å². The third-order valence-electron chi connectivity index (χ3n) is 1.84. The molecule has 1 aromatic rings. The van der Waals surface area contributed by atoms with E-state index in [1.165, 1.54) is 18.5 Å². The molecule has 1 atom stereocenters. The number of carbonyl (C=O) groups is 3. The molecule has 2 N–H and O–H groups in total. The van der Waals surface area contributed by atoms with Gasteiger partial charge in [0.2, 0.25) is 0 Å². The Morgan fingerprint density at radius 2 is 2.24 bits per heavy atom. The predicted molar refractivity (Wildman–Crippen MR) is 61.5 cm³/mol. The van der Waals surface area contributed by atoms with Crippen molar-refractivity contribution in [2.45, 2.75) is 12.5 Å². The molecular weight excluding hydrogens is 292 g/mol. The maximum Gasteiger partial charge on any atom is 0.305 e. The fourth-order valence-electron chi connectivity index (χ4n) is 1.11. The molecule has 0 radical (unpaired) electrons. The first-order valence-corrected chi connectivity index (χ1v) is 5.40. The molecule has 90 valence electrons. The van der Waals surface area contributed by atoms with E-state index in [-0.39, 0.29) is 5.56 Å². The zero-order chi connectivity index (χ0) is 12.8. The van der Waals surface area contributed by atoms with Crippen LogP contribution in [0.2, 0.25) is 0 Å². The molecule has 0 spiro atoms. The summed E-state index contributed by atoms with van der Waals surface area (Å²) in [7, 11) is 0. The molecule has 1 unspecified atom stereocenters. The van der Waals surface area contributed by atoms with E-state index in [4.69, 9.17) is 5.11 Å². The highest BCUT2D eigenvalue weighted by molar-refractivity contribution is 9.10. The van der Waals surface area contributed by atoms with Crippen LogP contribution in [0.15, 0.2) is 22.9 Å². The van der Waals surface area contributed by atoms with Crippen molar-refractivity contribution in [3.05, 3.63) is 28.5 Å². The number of aldehydes is 1. The summed E-state index contributed by atoms with van der Waals surface area (Å²) in [5.41, 5.74) is 0.247. The summed E-state index contributed by atoms with van der Waals surface area (Å²) in [5, 5.41) is 10.8. The second kappa shape index (κ2) is 6.09. The SMILES string of the molecule is O=CC(CC(=O)O)NC(=O)c1cncc(Br)c1. The number of rotatable bonds is 5. The molecule has 1 heterocycles. The number of hydrogen-bond acceptors (Lipinski definition) is 4. The quantitative estimate of drug-likeness (QED) is 0.777. The van der Waals surface area contributed by atoms with Crippen molar-refractivity contribution in [3.63, 3.8) is 0 Å². The van der Waals surface area contributed by atoms with Crippen molar-refractivity contribution in [2.24, 2.45) is 0 Å². The Morgan fingerprint density at radius 1 is 1.53 bits per heavy atom. The highest BCUT2D eigenvalue weighted by atomic mass is 79.9. The fraction of sp³-hybridized carbons (Fsp3) is 0.200. The topological polar surface area (TPSA) is 96.4 Å². The van der Waals surface area contributed by atoms with Crippen LogP contribution in [0.5, 0.6) is 0 Å². The Hall–Kier alpha value is -1.76. The summed E-state index contributed by atoms with van der Waals surface area (Å²) < 4.78 is 0.617. The number of amides is 1. The van der Waals surface area contributed by atoms with Gasteiger partial charge in [0.25, 0.3) is 5.91 Å². The van der Waals surface area contributed by atoms with Crippen LogP contribution in [0.1, 0.15) is 16.8 Å². The minimum Gasteiger partial charge on any atom is -0.481 e. The first-order valence-electron chi connectivity index (χ1n) is 4.61. The van der Waals surface area contributed by atoms with Gasteiger partial charge in [0, 0.05) is 16.9 Å². The molecule has 1 amide bonds. The minimum absolute atomic E-state index is 0.247. The van der Waals surface area contributed by atoms with E-state index in [2.05, 4.69) is 26.2 Å². The Morgan fingerprint density at radius 3 is 2.76 bits per heavy atom. The summed E-state index contributed by atoms with van der Waals surface area (Å²) >= 11 is 3.15. The molecule has 7 heteroatoms. The van der Waals surface area contributed by atoms with Crippen molar-refractivity contribution in [1.29, 1.82) is 0 Å². The average molecular weight is 301 g/mol. The lowest BCUT2D eigenvalue weighted by Crippen LogP contribution is -2.37. The average Bonchev–Trinajstić information content (AvgIpc) is 2.27. The van der Waals surface area contributed by atoms with Crippen molar-refractivity contribution in [3.8, 4) is 0 Å². The number of carbonyl (C=O) groups excluding carboxylic acids is 2. The summed E-state index contributed by atoms with van der Waals surface area (Å²) in [5.74, 6) is -1.70. The summed E-state index contributed by atoms with van der Waals surface area (Å²) in [6.07, 6.45) is 2.77. The molecule has 1 aromatic heterocycles. The zero-order valence-electron chi connectivity index (χ0n) is 8.59. The van der Waals surface area contributed by atoms with Crippen LogP contribution in [0, 0.1) is 0 Å². The molecule has 0 bridgehead atoms. The third-order valence-corrected chi connectivity index (χ3v) is 2.28. The Labute approximate surface area is 105 Å². The number of carboxylic acids is 1. The second-order valence-electron chi connectivity index (χ2n) is 3.21. The molecule has 0 aliphatic heterocycles. The highest BCUT2D eigenvalue weighted by Gasteiger charge is 2.16. The number of aliphatic carboxylic acids is 1. The molecule has 0 saturated carbocycles. The Bertz CT molecular complexity index is 450. The number of halogens is 1. The van der Waals surface area contributed by atoms with E-state index >= 15 is 0 Å². The third kappa shape index (κ3) is 4.31. The first-order chi connectivity index (χ1) is 8.02. The summed E-state index contributed by atoms with van der Waals surface area (Å²) in [6, 6.07) is 0.476. The van der Waals surface area contributed by atoms with Crippen molar-refractivity contribution in [1.82, 2.24) is 10.3 Å². The van der Waals surface area contributed by atoms with Crippen LogP contribution in [0.4, 0.5) is 0 Å². The lowest BCUT2D eigenvalue weighted by molar-refractivity contribution is -0.138. The summed E-state index contributed by atoms with van der Waals surface area (Å²) in [4.78, 5) is 36.4. The number of pyridine rings is 1. The predicted octanol–water partition coefficient (Wildman–Crippen LogP) is 0.616. The standard InChI is InChI=1S/C10H9BrN2O4/c11-7-1-6(3-12-4-7)10(17)13-8(5-14)2-9(15)16/h1,3-5,8H,2H2,(H,13,17)(H,15,16). The van der Waals surface area contributed by atoms with E-state index in [0.29, 0.717) is 10.8 Å². The van der Waals surface area contributed by atoms with E-state index in [0.717, 1.165) is 0 Å². The molecule has 0 saturated heterocycles. The Balaban J connectivity index is 2.70. The summed E-state index contributed by atoms with van der Waals surface area (Å²) in [6.45, 7) is 0. The fourth-order valence-corrected chi connectivity index (χ4v) is 1.47. The molecule has 6 nitrogen and oxygen atoms in total. The van der Waals surface area contributed by atoms with Crippen LogP contribution in [-0.2, 0) is 9.59 Å². The maximum atomic E-state index is 11.6. The van der Waals surface area contributed by atoms with Gasteiger partial charge in [0.1, 0.15) is 6.29 Å². The van der Waals surface area contributed by atoms with E-state index in [9.17, 15) is 14.4 Å². The lowest BCUT2D eigenvalue weighted by atomic mass is 10.2. The van der Waals surface area contributed by atoms with Gasteiger partial charge in [-0.1, -0.05) is 0 Å². The Kier molecular flexibility index (Phi) is 4.77. The van der Waals surface area contributed by atoms with Crippen molar-refractivity contribution < 1.29 is 19.5 Å². The van der Waals surface area contributed by atoms with Crippen LogP contribution >= 0.6 is 15.9 Å². The molecule has 17 heavy (non-hydrogen) atoms. The largest absolute Gasteiger partial charge is 0.481 e. The van der Waals surface area contributed by atoms with Gasteiger partial charge >= 0.3 is 5.97 Å². The van der Waals surface area contributed by atoms with Crippen LogP contribution in [0.3, 0.4) is 0 Å². The number of aromatic nitrogens is 1. The van der Waals surface area contributed by atoms with Gasteiger partial charge in [-0.3, -0.25) is 14.6 Å². The second-order valence-corrected chi connectivity index (χ2v) is 4.12. The van der Waals surface area contributed by atoms with Gasteiger partial charge < -0.3 is 15.2 Å². The van der Waals surface area contributed by atoms with Gasteiger partial charge in [0.05, 0.1) is 18.0 Å². The van der Waals surface area contributed by atoms with Gasteiger partial charge in [0.15, 0.2) is 0 Å². The van der Waals surface area contributed by atoms with Crippen molar-refractivity contribution in [2.75, 3.05) is 0 Å². The number of carboxylic acid groups (broad SMARTS) is 1. The maximum absolute atomic E-state index is 11.6. The van der Waals surface area contributed by atoms with Gasteiger partial charge in [-0.15, -0.1) is 0 Å². The minimum atomic E-state index is -1.16. The highest BCUT2D eigenvalue weighted by Crippen LogP contribution is 2.09. The van der Waals surface area contributed by atoms with Crippen LogP contribution < -0.4 is 5.32 Å². The van der Waals surface area contributed by atoms with E-state index in [1.54, 1.807) is 0 Å². The lowest BCUT2D eigenvalue weighted by Gasteiger charge is -2.10. The smallest absolute Gasteiger partial charge is 0.305 e. The number of nitrogens with zero attached hydrogens (tertiary/aromatic N) is 1. The van der Waals surface area contributed by atoms with Gasteiger partial charge in [-0.2, -0.15) is 0 Å². The molecule has 0 aliphatic rings. The van der Waals surface area contributed by atoms with Gasteiger partial charge in [-0.05, 0) is 22.0 Å². The van der Waals surface area contributed by atoms with Crippen LogP contribution in [0.25, 0.3) is 0 Å². The zero-order valence-corrected chi connectivity index (χ0v) is 10.2. The number of hydrogen-bond donors (Lipinski definition) is 2. The molecule has 1 rings (SSSR count). The molecular formula is C10H9BrN2O4. The van der Waals surface area contributed by atoms with Gasteiger partial charge in [-0.25, -0.2) is 0 Å². The van der Waals surface area contributed by atoms with Crippen molar-refractivity contribution >= 4 is 34.1 Å². The molecule has 0 aliphatic carbocycles. The normalized spacial score (nSPS) is 11.6. The first kappa shape index (κ1) is 13.3.